The second-order valence-electron chi connectivity index (χ2n) is 15.2. The Morgan fingerprint density at radius 3 is 2.00 bits per heavy atom. The van der Waals surface area contributed by atoms with Gasteiger partial charge in [-0.2, -0.15) is 0 Å². The lowest BCUT2D eigenvalue weighted by Crippen LogP contribution is -2.59. The monoisotopic (exact) mass is 823 g/mol. The molecule has 3 aromatic rings. The van der Waals surface area contributed by atoms with Gasteiger partial charge in [-0.25, -0.2) is 4.79 Å². The summed E-state index contributed by atoms with van der Waals surface area (Å²) >= 11 is 13.0. The molecule has 6 rings (SSSR count). The third-order valence-corrected chi connectivity index (χ3v) is 12.7. The molecule has 1 atom stereocenters. The van der Waals surface area contributed by atoms with E-state index in [0.717, 1.165) is 56.4 Å². The van der Waals surface area contributed by atoms with Crippen molar-refractivity contribution in [3.05, 3.63) is 87.4 Å². The van der Waals surface area contributed by atoms with E-state index in [9.17, 15) is 14.4 Å². The van der Waals surface area contributed by atoms with Gasteiger partial charge in [-0.3, -0.25) is 14.5 Å². The van der Waals surface area contributed by atoms with Crippen LogP contribution >= 0.6 is 23.2 Å². The highest BCUT2D eigenvalue weighted by Crippen LogP contribution is 2.43. The van der Waals surface area contributed by atoms with Crippen molar-refractivity contribution >= 4 is 41.1 Å². The Kier molecular flexibility index (Phi) is 14.1. The lowest BCUT2D eigenvalue weighted by Gasteiger charge is -2.45. The van der Waals surface area contributed by atoms with Crippen LogP contribution in [0, 0.1) is 0 Å². The number of methoxy groups -OCH3 is 3. The van der Waals surface area contributed by atoms with Crippen molar-refractivity contribution in [3.63, 3.8) is 0 Å². The fraction of sp³-hybridized carbons (Fsp3) is 0.512. The molecule has 0 spiro atoms. The Balaban J connectivity index is 1.13. The van der Waals surface area contributed by atoms with Crippen LogP contribution in [-0.2, 0) is 20.5 Å². The SMILES string of the molecule is CCOC(=O)CCN1CCN(C(=O)NC2(c3ccccc3)CCN(CCC3(c4ccc(Cl)c(Cl)c4)CCN(C(=O)c4cc(OC)c(OC)c(OC)c4)C3)CC2)CC1. The highest BCUT2D eigenvalue weighted by molar-refractivity contribution is 6.42. The minimum absolute atomic E-state index is 0.0567. The Morgan fingerprint density at radius 1 is 0.719 bits per heavy atom. The molecule has 1 unspecified atom stereocenters. The maximum Gasteiger partial charge on any atom is 0.318 e. The minimum atomic E-state index is -0.506. The summed E-state index contributed by atoms with van der Waals surface area (Å²) in [4.78, 5) is 48.3. The van der Waals surface area contributed by atoms with Crippen molar-refractivity contribution in [1.29, 1.82) is 0 Å². The highest BCUT2D eigenvalue weighted by Gasteiger charge is 2.44. The molecular formula is C43H55Cl2N5O7. The number of nitrogens with zero attached hydrogens (tertiary/aromatic N) is 4. The average molecular weight is 825 g/mol. The van der Waals surface area contributed by atoms with Gasteiger partial charge in [-0.05, 0) is 74.5 Å². The van der Waals surface area contributed by atoms with Gasteiger partial charge in [0.15, 0.2) is 11.5 Å². The normalized spacial score (nSPS) is 19.9. The van der Waals surface area contributed by atoms with Crippen LogP contribution in [0.3, 0.4) is 0 Å². The number of piperazine rings is 1. The summed E-state index contributed by atoms with van der Waals surface area (Å²) in [6, 6.07) is 19.5. The highest BCUT2D eigenvalue weighted by atomic mass is 35.5. The number of carbonyl (C=O) groups excluding carboxylic acids is 3. The van der Waals surface area contributed by atoms with Crippen molar-refractivity contribution in [1.82, 2.24) is 24.9 Å². The van der Waals surface area contributed by atoms with E-state index in [1.54, 1.807) is 12.1 Å². The predicted molar refractivity (Wildman–Crippen MR) is 221 cm³/mol. The molecule has 12 nitrogen and oxygen atoms in total. The Morgan fingerprint density at radius 2 is 1.39 bits per heavy atom. The average Bonchev–Trinajstić information content (AvgIpc) is 3.69. The quantitative estimate of drug-likeness (QED) is 0.183. The van der Waals surface area contributed by atoms with Crippen LogP contribution in [0.5, 0.6) is 17.2 Å². The summed E-state index contributed by atoms with van der Waals surface area (Å²) in [5.74, 6) is 0.978. The van der Waals surface area contributed by atoms with Crippen LogP contribution in [0.2, 0.25) is 10.0 Å². The molecule has 0 saturated carbocycles. The van der Waals surface area contributed by atoms with Gasteiger partial charge in [-0.1, -0.05) is 59.6 Å². The van der Waals surface area contributed by atoms with E-state index >= 15 is 0 Å². The zero-order valence-electron chi connectivity index (χ0n) is 33.5. The van der Waals surface area contributed by atoms with Crippen molar-refractivity contribution in [3.8, 4) is 17.2 Å². The maximum atomic E-state index is 14.1. The van der Waals surface area contributed by atoms with E-state index in [0.29, 0.717) is 91.7 Å². The summed E-state index contributed by atoms with van der Waals surface area (Å²) in [5, 5.41) is 4.47. The second-order valence-corrected chi connectivity index (χ2v) is 16.0. The van der Waals surface area contributed by atoms with Crippen molar-refractivity contribution in [2.24, 2.45) is 0 Å². The number of amides is 3. The van der Waals surface area contributed by atoms with Gasteiger partial charge >= 0.3 is 12.0 Å². The number of piperidine rings is 1. The summed E-state index contributed by atoms with van der Waals surface area (Å²) < 4.78 is 21.7. The largest absolute Gasteiger partial charge is 0.493 e. The molecule has 3 heterocycles. The molecule has 0 aliphatic carbocycles. The number of benzene rings is 3. The van der Waals surface area contributed by atoms with Gasteiger partial charge in [0.2, 0.25) is 5.75 Å². The second kappa shape index (κ2) is 19.0. The van der Waals surface area contributed by atoms with Crippen LogP contribution in [0.1, 0.15) is 60.5 Å². The summed E-state index contributed by atoms with van der Waals surface area (Å²) in [5.41, 5.74) is 1.76. The summed E-state index contributed by atoms with van der Waals surface area (Å²) in [7, 11) is 4.61. The number of likely N-dealkylation sites (tertiary alicyclic amines) is 2. The molecule has 0 aromatic heterocycles. The molecule has 0 bridgehead atoms. The number of halogens is 2. The number of urea groups is 1. The van der Waals surface area contributed by atoms with Crippen LogP contribution in [-0.4, -0.2) is 131 Å². The van der Waals surface area contributed by atoms with Crippen molar-refractivity contribution in [2.75, 3.05) is 93.4 Å². The van der Waals surface area contributed by atoms with E-state index in [1.165, 1.54) is 21.3 Å². The summed E-state index contributed by atoms with van der Waals surface area (Å²) in [6.07, 6.45) is 3.43. The van der Waals surface area contributed by atoms with Crippen LogP contribution in [0.25, 0.3) is 0 Å². The predicted octanol–water partition coefficient (Wildman–Crippen LogP) is 6.46. The molecule has 57 heavy (non-hydrogen) atoms. The lowest BCUT2D eigenvalue weighted by atomic mass is 9.76. The first-order valence-corrected chi connectivity index (χ1v) is 20.6. The third kappa shape index (κ3) is 9.74. The number of hydrogen-bond donors (Lipinski definition) is 1. The lowest BCUT2D eigenvalue weighted by molar-refractivity contribution is -0.143. The Hall–Kier alpha value is -4.23. The number of esters is 1. The van der Waals surface area contributed by atoms with Gasteiger partial charge in [0.25, 0.3) is 5.91 Å². The van der Waals surface area contributed by atoms with Gasteiger partial charge in [0, 0.05) is 69.9 Å². The summed E-state index contributed by atoms with van der Waals surface area (Å²) in [6.45, 7) is 8.92. The van der Waals surface area contributed by atoms with Gasteiger partial charge in [0.05, 0.1) is 49.9 Å². The molecule has 3 aliphatic heterocycles. The van der Waals surface area contributed by atoms with E-state index in [1.807, 2.05) is 53.1 Å². The number of hydrogen-bond acceptors (Lipinski definition) is 9. The topological polar surface area (TPSA) is 113 Å². The molecule has 0 radical (unpaired) electrons. The molecule has 14 heteroatoms. The zero-order chi connectivity index (χ0) is 40.6. The smallest absolute Gasteiger partial charge is 0.318 e. The van der Waals surface area contributed by atoms with Crippen LogP contribution < -0.4 is 19.5 Å². The molecule has 308 valence electrons. The van der Waals surface area contributed by atoms with E-state index in [4.69, 9.17) is 42.1 Å². The number of rotatable bonds is 14. The first kappa shape index (κ1) is 42.4. The standard InChI is InChI=1S/C43H55Cl2N5O7/c1-5-57-38(51)13-18-47-23-25-49(26-24-47)41(53)46-43(32-9-7-6-8-10-32)16-20-48(21-17-43)19-14-42(33-11-12-34(44)35(45)29-33)15-22-50(30-42)40(52)31-27-36(54-2)39(56-4)37(28-31)55-3/h6-12,27-29H,5,13-26,30H2,1-4H3,(H,46,53). The van der Waals surface area contributed by atoms with E-state index < -0.39 is 5.54 Å². The van der Waals surface area contributed by atoms with E-state index in [2.05, 4.69) is 27.2 Å². The molecule has 3 aliphatic rings. The zero-order valence-corrected chi connectivity index (χ0v) is 35.0. The van der Waals surface area contributed by atoms with Crippen LogP contribution in [0.4, 0.5) is 4.79 Å². The molecule has 1 N–H and O–H groups in total. The van der Waals surface area contributed by atoms with Gasteiger partial charge in [0.1, 0.15) is 0 Å². The van der Waals surface area contributed by atoms with Crippen molar-refractivity contribution in [2.45, 2.75) is 50.0 Å². The van der Waals surface area contributed by atoms with Gasteiger partial charge < -0.3 is 39.0 Å². The number of carbonyl (C=O) groups is 3. The third-order valence-electron chi connectivity index (χ3n) is 12.0. The fourth-order valence-electron chi connectivity index (χ4n) is 8.56. The molecule has 3 saturated heterocycles. The maximum absolute atomic E-state index is 14.1. The van der Waals surface area contributed by atoms with Crippen molar-refractivity contribution < 1.29 is 33.3 Å². The van der Waals surface area contributed by atoms with E-state index in [-0.39, 0.29) is 23.3 Å². The molecule has 3 aromatic carbocycles. The Bertz CT molecular complexity index is 1840. The number of ether oxygens (including phenoxy) is 4. The number of nitrogens with one attached hydrogen (secondary N) is 1. The molecular weight excluding hydrogens is 769 g/mol. The van der Waals surface area contributed by atoms with Crippen LogP contribution in [0.15, 0.2) is 60.7 Å². The fourth-order valence-corrected chi connectivity index (χ4v) is 8.86. The molecule has 3 amide bonds. The van der Waals surface area contributed by atoms with Gasteiger partial charge in [-0.15, -0.1) is 0 Å². The first-order valence-electron chi connectivity index (χ1n) is 19.8. The Labute approximate surface area is 346 Å². The first-order chi connectivity index (χ1) is 27.5. The minimum Gasteiger partial charge on any atom is -0.493 e. The molecule has 3 fully saturated rings.